The molecule has 0 saturated heterocycles. The van der Waals surface area contributed by atoms with Crippen LogP contribution in [-0.2, 0) is 11.8 Å². The van der Waals surface area contributed by atoms with Crippen LogP contribution in [0.5, 0.6) is 0 Å². The molecule has 0 bridgehead atoms. The van der Waals surface area contributed by atoms with Crippen molar-refractivity contribution in [2.45, 2.75) is 46.0 Å². The molecule has 0 N–H and O–H groups in total. The third kappa shape index (κ3) is 1.85. The maximum absolute atomic E-state index is 10.9. The summed E-state index contributed by atoms with van der Waals surface area (Å²) in [5.74, 6) is 0.785. The van der Waals surface area contributed by atoms with Crippen LogP contribution in [0.15, 0.2) is 13.6 Å². The van der Waals surface area contributed by atoms with Crippen LogP contribution in [0.2, 0.25) is 0 Å². The van der Waals surface area contributed by atoms with Crippen molar-refractivity contribution >= 4 is 0 Å². The van der Waals surface area contributed by atoms with Crippen LogP contribution in [0.1, 0.15) is 45.6 Å². The van der Waals surface area contributed by atoms with Crippen LogP contribution in [-0.4, -0.2) is 0 Å². The summed E-state index contributed by atoms with van der Waals surface area (Å²) >= 11 is 0. The highest BCUT2D eigenvalue weighted by Gasteiger charge is 2.27. The molecular weight excluding hydrogens is 168 g/mol. The second-order valence-corrected chi connectivity index (χ2v) is 3.80. The van der Waals surface area contributed by atoms with Gasteiger partial charge in [0.05, 0.1) is 0 Å². The zero-order valence-electron chi connectivity index (χ0n) is 8.64. The largest absolute Gasteiger partial charge is 0.519 e. The zero-order valence-corrected chi connectivity index (χ0v) is 8.64. The minimum absolute atomic E-state index is 0.114. The van der Waals surface area contributed by atoms with Crippen LogP contribution < -0.4 is 5.82 Å². The summed E-state index contributed by atoms with van der Waals surface area (Å²) in [4.78, 5) is 10.9. The van der Waals surface area contributed by atoms with Crippen molar-refractivity contribution in [3.05, 3.63) is 22.1 Å². The van der Waals surface area contributed by atoms with Gasteiger partial charge in [-0.2, -0.15) is 0 Å². The van der Waals surface area contributed by atoms with Gasteiger partial charge in [-0.15, -0.1) is 0 Å². The Bertz CT molecular complexity index is 330. The normalized spacial score (nSPS) is 12.0. The Morgan fingerprint density at radius 3 is 2.31 bits per heavy atom. The van der Waals surface area contributed by atoms with Gasteiger partial charge >= 0.3 is 5.82 Å². The molecule has 0 aliphatic rings. The lowest BCUT2D eigenvalue weighted by atomic mass is 9.86. The van der Waals surface area contributed by atoms with Gasteiger partial charge in [-0.1, -0.05) is 27.7 Å². The quantitative estimate of drug-likeness (QED) is 0.724. The Hall–Kier alpha value is -0.990. The number of aryl methyl sites for hydroxylation is 1. The van der Waals surface area contributed by atoms with E-state index in [1.54, 1.807) is 0 Å². The first-order valence-corrected chi connectivity index (χ1v) is 4.64. The number of rotatable bonds is 3. The molecule has 0 aliphatic heterocycles. The summed E-state index contributed by atoms with van der Waals surface area (Å²) in [5.41, 5.74) is -0.114. The van der Waals surface area contributed by atoms with Gasteiger partial charge in [-0.3, -0.25) is 0 Å². The third-order valence-corrected chi connectivity index (χ3v) is 2.46. The summed E-state index contributed by atoms with van der Waals surface area (Å²) in [6.45, 7) is 8.09. The number of hydrogen-bond acceptors (Lipinski definition) is 3. The van der Waals surface area contributed by atoms with Gasteiger partial charge in [0, 0.05) is 11.8 Å². The molecular formula is C10H16O3. The van der Waals surface area contributed by atoms with Crippen LogP contribution in [0.4, 0.5) is 0 Å². The fourth-order valence-corrected chi connectivity index (χ4v) is 1.22. The molecule has 0 unspecified atom stereocenters. The maximum atomic E-state index is 10.9. The topological polar surface area (TPSA) is 43.4 Å². The van der Waals surface area contributed by atoms with Crippen LogP contribution >= 0.6 is 0 Å². The predicted molar refractivity (Wildman–Crippen MR) is 49.9 cm³/mol. The van der Waals surface area contributed by atoms with E-state index >= 15 is 0 Å². The summed E-state index contributed by atoms with van der Waals surface area (Å²) in [5, 5.41) is 0. The van der Waals surface area contributed by atoms with Crippen molar-refractivity contribution in [2.24, 2.45) is 0 Å². The van der Waals surface area contributed by atoms with Crippen LogP contribution in [0.3, 0.4) is 0 Å². The average Bonchev–Trinajstić information content (AvgIpc) is 2.47. The highest BCUT2D eigenvalue weighted by Crippen LogP contribution is 2.29. The molecule has 74 valence electrons. The molecule has 1 heterocycles. The lowest BCUT2D eigenvalue weighted by Gasteiger charge is -2.19. The predicted octanol–water partition coefficient (Wildman–Crippen LogP) is 2.48. The first-order valence-electron chi connectivity index (χ1n) is 4.64. The minimum atomic E-state index is -0.589. The lowest BCUT2D eigenvalue weighted by molar-refractivity contribution is 0.330. The summed E-state index contributed by atoms with van der Waals surface area (Å²) in [7, 11) is 0. The Balaban J connectivity index is 3.19. The van der Waals surface area contributed by atoms with Crippen molar-refractivity contribution in [2.75, 3.05) is 0 Å². The molecule has 0 radical (unpaired) electrons. The lowest BCUT2D eigenvalue weighted by Crippen LogP contribution is -2.16. The van der Waals surface area contributed by atoms with Crippen molar-refractivity contribution < 1.29 is 8.83 Å². The molecule has 0 aliphatic carbocycles. The average molecular weight is 184 g/mol. The SMILES string of the molecule is CCc1oc(=O)oc1C(C)(C)CC. The monoisotopic (exact) mass is 184 g/mol. The van der Waals surface area contributed by atoms with Gasteiger partial charge in [0.2, 0.25) is 0 Å². The van der Waals surface area contributed by atoms with Crippen molar-refractivity contribution in [3.8, 4) is 0 Å². The molecule has 1 rings (SSSR count). The molecule has 0 atom stereocenters. The Morgan fingerprint density at radius 2 is 1.85 bits per heavy atom. The van der Waals surface area contributed by atoms with Crippen molar-refractivity contribution in [3.63, 3.8) is 0 Å². The van der Waals surface area contributed by atoms with Crippen LogP contribution in [0.25, 0.3) is 0 Å². The second-order valence-electron chi connectivity index (χ2n) is 3.80. The molecule has 13 heavy (non-hydrogen) atoms. The van der Waals surface area contributed by atoms with E-state index in [1.807, 2.05) is 20.8 Å². The molecule has 0 saturated carbocycles. The van der Waals surface area contributed by atoms with E-state index in [2.05, 4.69) is 6.92 Å². The van der Waals surface area contributed by atoms with Gasteiger partial charge in [-0.25, -0.2) is 4.79 Å². The van der Waals surface area contributed by atoms with Crippen LogP contribution in [0, 0.1) is 0 Å². The van der Waals surface area contributed by atoms with Gasteiger partial charge in [0.15, 0.2) is 5.76 Å². The van der Waals surface area contributed by atoms with Gasteiger partial charge in [-0.05, 0) is 6.42 Å². The fourth-order valence-electron chi connectivity index (χ4n) is 1.22. The summed E-state index contributed by atoms with van der Waals surface area (Å²) in [6.07, 6.45) is 1.62. The molecule has 3 nitrogen and oxygen atoms in total. The van der Waals surface area contributed by atoms with E-state index in [4.69, 9.17) is 8.83 Å². The van der Waals surface area contributed by atoms with Gasteiger partial charge in [0.1, 0.15) is 5.76 Å². The van der Waals surface area contributed by atoms with E-state index in [0.717, 1.165) is 6.42 Å². The molecule has 0 amide bonds. The summed E-state index contributed by atoms with van der Waals surface area (Å²) < 4.78 is 9.97. The fraction of sp³-hybridized carbons (Fsp3) is 0.700. The maximum Gasteiger partial charge on any atom is 0.519 e. The second kappa shape index (κ2) is 3.40. The van der Waals surface area contributed by atoms with Crippen molar-refractivity contribution in [1.82, 2.24) is 0 Å². The summed E-state index contributed by atoms with van der Waals surface area (Å²) in [6, 6.07) is 0. The standard InChI is InChI=1S/C10H16O3/c1-5-7-8(10(3,4)6-2)13-9(11)12-7/h5-6H2,1-4H3. The Kier molecular flexibility index (Phi) is 2.64. The van der Waals surface area contributed by atoms with E-state index in [9.17, 15) is 4.79 Å². The molecule has 0 aromatic carbocycles. The molecule has 0 spiro atoms. The number of hydrogen-bond donors (Lipinski definition) is 0. The van der Waals surface area contributed by atoms with E-state index in [1.165, 1.54) is 0 Å². The smallest absolute Gasteiger partial charge is 0.396 e. The first kappa shape index (κ1) is 10.1. The Labute approximate surface area is 77.7 Å². The van der Waals surface area contributed by atoms with Gasteiger partial charge < -0.3 is 8.83 Å². The molecule has 1 aromatic rings. The van der Waals surface area contributed by atoms with Crippen molar-refractivity contribution in [1.29, 1.82) is 0 Å². The van der Waals surface area contributed by atoms with E-state index < -0.39 is 5.82 Å². The highest BCUT2D eigenvalue weighted by molar-refractivity contribution is 5.14. The van der Waals surface area contributed by atoms with E-state index in [0.29, 0.717) is 17.9 Å². The molecule has 1 aromatic heterocycles. The third-order valence-electron chi connectivity index (χ3n) is 2.46. The first-order chi connectivity index (χ1) is 6.01. The molecule has 0 fully saturated rings. The van der Waals surface area contributed by atoms with Gasteiger partial charge in [0.25, 0.3) is 0 Å². The molecule has 3 heteroatoms. The Morgan fingerprint density at radius 1 is 1.23 bits per heavy atom. The van der Waals surface area contributed by atoms with E-state index in [-0.39, 0.29) is 5.41 Å². The minimum Gasteiger partial charge on any atom is -0.396 e. The highest BCUT2D eigenvalue weighted by atomic mass is 16.6. The zero-order chi connectivity index (χ0) is 10.1.